The second kappa shape index (κ2) is 11.8. The predicted molar refractivity (Wildman–Crippen MR) is 120 cm³/mol. The van der Waals surface area contributed by atoms with E-state index >= 15 is 0 Å². The van der Waals surface area contributed by atoms with E-state index in [0.29, 0.717) is 37.1 Å². The summed E-state index contributed by atoms with van der Waals surface area (Å²) >= 11 is 0. The Morgan fingerprint density at radius 3 is 2.62 bits per heavy atom. The minimum Gasteiger partial charge on any atom is -0.490 e. The van der Waals surface area contributed by atoms with Crippen molar-refractivity contribution in [3.8, 4) is 22.9 Å². The molecule has 1 amide bonds. The Morgan fingerprint density at radius 2 is 1.91 bits per heavy atom. The molecule has 0 aliphatic rings. The van der Waals surface area contributed by atoms with Gasteiger partial charge in [-0.05, 0) is 49.6 Å². The molecule has 3 rings (SSSR count). The van der Waals surface area contributed by atoms with Crippen molar-refractivity contribution in [3.63, 3.8) is 0 Å². The molecule has 0 bridgehead atoms. The summed E-state index contributed by atoms with van der Waals surface area (Å²) < 4.78 is 16.9. The van der Waals surface area contributed by atoms with E-state index in [1.165, 1.54) is 0 Å². The largest absolute Gasteiger partial charge is 0.490 e. The average molecular weight is 439 g/mol. The van der Waals surface area contributed by atoms with Crippen LogP contribution in [0.3, 0.4) is 0 Å². The van der Waals surface area contributed by atoms with Crippen LogP contribution in [-0.2, 0) is 11.2 Å². The van der Waals surface area contributed by atoms with Crippen molar-refractivity contribution in [2.45, 2.75) is 52.5 Å². The molecule has 0 aliphatic carbocycles. The molecule has 0 radical (unpaired) electrons. The maximum atomic E-state index is 12.5. The van der Waals surface area contributed by atoms with Crippen LogP contribution in [0, 0.1) is 0 Å². The third-order valence-electron chi connectivity index (χ3n) is 4.72. The van der Waals surface area contributed by atoms with Crippen LogP contribution in [0.1, 0.15) is 57.5 Å². The Bertz CT molecular complexity index is 991. The van der Waals surface area contributed by atoms with E-state index in [1.54, 1.807) is 18.5 Å². The van der Waals surface area contributed by atoms with Crippen LogP contribution in [0.4, 0.5) is 0 Å². The first-order valence-corrected chi connectivity index (χ1v) is 11.0. The number of pyridine rings is 1. The zero-order chi connectivity index (χ0) is 22.8. The topological polar surface area (TPSA) is 99.4 Å². The standard InChI is InChI=1S/C24H30N4O4/c1-4-13-30-20-9-8-18(15-21(20)31-14-5-2)17(3)26-22(29)10-11-23-27-24(28-32-23)19-7-6-12-25-16-19/h6-9,12,15-17H,4-5,10-11,13-14H2,1-3H3,(H,26,29). The molecule has 8 heteroatoms. The molecular weight excluding hydrogens is 408 g/mol. The van der Waals surface area contributed by atoms with Crippen LogP contribution in [0.25, 0.3) is 11.4 Å². The Morgan fingerprint density at radius 1 is 1.12 bits per heavy atom. The van der Waals surface area contributed by atoms with E-state index in [9.17, 15) is 4.79 Å². The van der Waals surface area contributed by atoms with Gasteiger partial charge >= 0.3 is 0 Å². The summed E-state index contributed by atoms with van der Waals surface area (Å²) in [5.41, 5.74) is 1.72. The number of aromatic nitrogens is 3. The molecule has 2 aromatic heterocycles. The molecule has 1 N–H and O–H groups in total. The van der Waals surface area contributed by atoms with Crippen molar-refractivity contribution >= 4 is 5.91 Å². The number of amides is 1. The quantitative estimate of drug-likeness (QED) is 0.444. The second-order valence-electron chi connectivity index (χ2n) is 7.45. The molecule has 1 unspecified atom stereocenters. The Labute approximate surface area is 188 Å². The van der Waals surface area contributed by atoms with E-state index < -0.39 is 0 Å². The van der Waals surface area contributed by atoms with Gasteiger partial charge < -0.3 is 19.3 Å². The van der Waals surface area contributed by atoms with Gasteiger partial charge in [0.1, 0.15) is 0 Å². The van der Waals surface area contributed by atoms with Gasteiger partial charge in [-0.25, -0.2) is 0 Å². The fraction of sp³-hybridized carbons (Fsp3) is 0.417. The number of nitrogens with one attached hydrogen (secondary N) is 1. The van der Waals surface area contributed by atoms with E-state index in [2.05, 4.69) is 34.3 Å². The van der Waals surface area contributed by atoms with E-state index in [0.717, 1.165) is 29.7 Å². The smallest absolute Gasteiger partial charge is 0.227 e. The Balaban J connectivity index is 1.56. The summed E-state index contributed by atoms with van der Waals surface area (Å²) in [5.74, 6) is 2.21. The highest BCUT2D eigenvalue weighted by atomic mass is 16.5. The zero-order valence-electron chi connectivity index (χ0n) is 18.8. The van der Waals surface area contributed by atoms with E-state index in [1.807, 2.05) is 31.2 Å². The highest BCUT2D eigenvalue weighted by Crippen LogP contribution is 2.31. The molecule has 0 saturated carbocycles. The minimum atomic E-state index is -0.180. The molecular formula is C24H30N4O4. The monoisotopic (exact) mass is 438 g/mol. The van der Waals surface area contributed by atoms with Crippen molar-refractivity contribution < 1.29 is 18.8 Å². The summed E-state index contributed by atoms with van der Waals surface area (Å²) in [4.78, 5) is 20.9. The predicted octanol–water partition coefficient (Wildman–Crippen LogP) is 4.52. The van der Waals surface area contributed by atoms with Gasteiger partial charge in [-0.2, -0.15) is 4.98 Å². The first kappa shape index (κ1) is 23.2. The summed E-state index contributed by atoms with van der Waals surface area (Å²) in [5, 5.41) is 6.97. The minimum absolute atomic E-state index is 0.0963. The molecule has 2 heterocycles. The molecule has 170 valence electrons. The summed E-state index contributed by atoms with van der Waals surface area (Å²) in [7, 11) is 0. The summed E-state index contributed by atoms with van der Waals surface area (Å²) in [6, 6.07) is 9.27. The maximum absolute atomic E-state index is 12.5. The Kier molecular flexibility index (Phi) is 8.60. The van der Waals surface area contributed by atoms with Crippen LogP contribution >= 0.6 is 0 Å². The van der Waals surface area contributed by atoms with E-state index in [-0.39, 0.29) is 18.4 Å². The highest BCUT2D eigenvalue weighted by molar-refractivity contribution is 5.76. The summed E-state index contributed by atoms with van der Waals surface area (Å²) in [6.45, 7) is 7.30. The van der Waals surface area contributed by atoms with Crippen molar-refractivity contribution in [2.75, 3.05) is 13.2 Å². The van der Waals surface area contributed by atoms with Crippen LogP contribution in [0.5, 0.6) is 11.5 Å². The Hall–Kier alpha value is -3.42. The van der Waals surface area contributed by atoms with Crippen molar-refractivity contribution in [1.82, 2.24) is 20.4 Å². The van der Waals surface area contributed by atoms with Crippen molar-refractivity contribution in [2.24, 2.45) is 0 Å². The zero-order valence-corrected chi connectivity index (χ0v) is 18.8. The molecule has 0 saturated heterocycles. The number of carbonyl (C=O) groups excluding carboxylic acids is 1. The lowest BCUT2D eigenvalue weighted by Gasteiger charge is -2.18. The number of aryl methyl sites for hydroxylation is 1. The molecule has 1 aromatic carbocycles. The average Bonchev–Trinajstić information content (AvgIpc) is 3.30. The molecule has 3 aromatic rings. The number of benzene rings is 1. The van der Waals surface area contributed by atoms with Gasteiger partial charge in [-0.15, -0.1) is 0 Å². The fourth-order valence-electron chi connectivity index (χ4n) is 3.04. The molecule has 1 atom stereocenters. The number of hydrogen-bond donors (Lipinski definition) is 1. The lowest BCUT2D eigenvalue weighted by molar-refractivity contribution is -0.121. The normalized spacial score (nSPS) is 11.7. The van der Waals surface area contributed by atoms with Gasteiger partial charge in [-0.1, -0.05) is 25.1 Å². The first-order valence-electron chi connectivity index (χ1n) is 11.0. The van der Waals surface area contributed by atoms with Gasteiger partial charge in [0.2, 0.25) is 17.6 Å². The third kappa shape index (κ3) is 6.54. The van der Waals surface area contributed by atoms with Gasteiger partial charge in [0.05, 0.1) is 19.3 Å². The second-order valence-corrected chi connectivity index (χ2v) is 7.45. The van der Waals surface area contributed by atoms with Crippen LogP contribution in [0.2, 0.25) is 0 Å². The lowest BCUT2D eigenvalue weighted by Crippen LogP contribution is -2.26. The van der Waals surface area contributed by atoms with Gasteiger partial charge in [0.15, 0.2) is 11.5 Å². The summed E-state index contributed by atoms with van der Waals surface area (Å²) in [6.07, 6.45) is 5.78. The van der Waals surface area contributed by atoms with Crippen LogP contribution in [0.15, 0.2) is 47.2 Å². The maximum Gasteiger partial charge on any atom is 0.227 e. The first-order chi connectivity index (χ1) is 15.6. The number of rotatable bonds is 12. The van der Waals surface area contributed by atoms with Gasteiger partial charge in [0.25, 0.3) is 0 Å². The van der Waals surface area contributed by atoms with Gasteiger partial charge in [0, 0.05) is 30.8 Å². The fourth-order valence-corrected chi connectivity index (χ4v) is 3.04. The van der Waals surface area contributed by atoms with Gasteiger partial charge in [-0.3, -0.25) is 9.78 Å². The number of nitrogens with zero attached hydrogens (tertiary/aromatic N) is 3. The molecule has 32 heavy (non-hydrogen) atoms. The van der Waals surface area contributed by atoms with E-state index in [4.69, 9.17) is 14.0 Å². The molecule has 8 nitrogen and oxygen atoms in total. The molecule has 0 spiro atoms. The number of ether oxygens (including phenoxy) is 2. The molecule has 0 fully saturated rings. The van der Waals surface area contributed by atoms with Crippen LogP contribution < -0.4 is 14.8 Å². The number of carbonyl (C=O) groups is 1. The third-order valence-corrected chi connectivity index (χ3v) is 4.72. The van der Waals surface area contributed by atoms with Crippen LogP contribution in [-0.4, -0.2) is 34.2 Å². The SMILES string of the molecule is CCCOc1ccc(C(C)NC(=O)CCc2nc(-c3cccnc3)no2)cc1OCCC. The van der Waals surface area contributed by atoms with Crippen molar-refractivity contribution in [3.05, 3.63) is 54.2 Å². The number of hydrogen-bond acceptors (Lipinski definition) is 7. The lowest BCUT2D eigenvalue weighted by atomic mass is 10.1. The molecule has 0 aliphatic heterocycles. The van der Waals surface area contributed by atoms with Crippen molar-refractivity contribution in [1.29, 1.82) is 0 Å². The highest BCUT2D eigenvalue weighted by Gasteiger charge is 2.15.